The lowest BCUT2D eigenvalue weighted by Crippen LogP contribution is -2.04. The first-order valence-corrected chi connectivity index (χ1v) is 4.45. The van der Waals surface area contributed by atoms with Crippen molar-refractivity contribution < 1.29 is 14.6 Å². The van der Waals surface area contributed by atoms with E-state index in [-0.39, 0.29) is 5.56 Å². The van der Waals surface area contributed by atoms with Crippen LogP contribution in [0.4, 0.5) is 0 Å². The average Bonchev–Trinajstić information content (AvgIpc) is 2.04. The number of carbonyl (C=O) groups is 1. The highest BCUT2D eigenvalue weighted by Gasteiger charge is 2.12. The van der Waals surface area contributed by atoms with Crippen LogP contribution in [0.15, 0.2) is 22.7 Å². The number of aromatic carboxylic acids is 1. The summed E-state index contributed by atoms with van der Waals surface area (Å²) >= 11 is 3.18. The Morgan fingerprint density at radius 2 is 2.31 bits per heavy atom. The van der Waals surface area contributed by atoms with Crippen LogP contribution < -0.4 is 0 Å². The maximum atomic E-state index is 10.8. The smallest absolute Gasteiger partial charge is 0.337 e. The van der Waals surface area contributed by atoms with Crippen molar-refractivity contribution in [2.45, 2.75) is 6.61 Å². The molecule has 0 spiro atoms. The molecule has 0 atom stereocenters. The summed E-state index contributed by atoms with van der Waals surface area (Å²) in [7, 11) is 1.53. The van der Waals surface area contributed by atoms with Gasteiger partial charge in [-0.25, -0.2) is 4.79 Å². The average molecular weight is 245 g/mol. The molecule has 0 aliphatic carbocycles. The Kier molecular flexibility index (Phi) is 3.45. The molecule has 1 aromatic carbocycles. The van der Waals surface area contributed by atoms with Crippen LogP contribution in [-0.4, -0.2) is 18.2 Å². The molecule has 0 heterocycles. The van der Waals surface area contributed by atoms with Crippen molar-refractivity contribution in [3.63, 3.8) is 0 Å². The minimum absolute atomic E-state index is 0.268. The van der Waals surface area contributed by atoms with E-state index in [1.54, 1.807) is 18.2 Å². The maximum Gasteiger partial charge on any atom is 0.337 e. The Morgan fingerprint density at radius 1 is 1.62 bits per heavy atom. The third-order valence-electron chi connectivity index (χ3n) is 1.61. The van der Waals surface area contributed by atoms with Gasteiger partial charge in [0.15, 0.2) is 0 Å². The van der Waals surface area contributed by atoms with Gasteiger partial charge in [-0.2, -0.15) is 0 Å². The number of benzene rings is 1. The van der Waals surface area contributed by atoms with Crippen LogP contribution in [0.2, 0.25) is 0 Å². The monoisotopic (exact) mass is 244 g/mol. The molecule has 0 aliphatic heterocycles. The van der Waals surface area contributed by atoms with E-state index in [2.05, 4.69) is 15.9 Å². The Balaban J connectivity index is 3.17. The SMILES string of the molecule is COCc1cccc(Br)c1C(=O)O. The van der Waals surface area contributed by atoms with E-state index in [1.165, 1.54) is 7.11 Å². The third kappa shape index (κ3) is 2.29. The molecule has 0 saturated heterocycles. The molecule has 1 aromatic rings. The first kappa shape index (κ1) is 10.2. The molecule has 70 valence electrons. The van der Waals surface area contributed by atoms with Gasteiger partial charge in [-0.05, 0) is 27.6 Å². The molecule has 0 bridgehead atoms. The lowest BCUT2D eigenvalue weighted by molar-refractivity contribution is 0.0691. The standard InChI is InChI=1S/C9H9BrO3/c1-13-5-6-3-2-4-7(10)8(6)9(11)12/h2-4H,5H2,1H3,(H,11,12). The first-order valence-electron chi connectivity index (χ1n) is 3.66. The molecule has 3 nitrogen and oxygen atoms in total. The van der Waals surface area contributed by atoms with Crippen LogP contribution >= 0.6 is 15.9 Å². The summed E-state index contributed by atoms with van der Waals surface area (Å²) in [5, 5.41) is 8.89. The summed E-state index contributed by atoms with van der Waals surface area (Å²) < 4.78 is 5.47. The van der Waals surface area contributed by atoms with Crippen LogP contribution in [-0.2, 0) is 11.3 Å². The second kappa shape index (κ2) is 4.39. The Labute approximate surface area is 84.5 Å². The molecule has 1 rings (SSSR count). The molecule has 0 aromatic heterocycles. The Hall–Kier alpha value is -0.870. The van der Waals surface area contributed by atoms with Crippen LogP contribution in [0.25, 0.3) is 0 Å². The molecule has 0 unspecified atom stereocenters. The van der Waals surface area contributed by atoms with E-state index in [0.29, 0.717) is 16.6 Å². The summed E-state index contributed by atoms with van der Waals surface area (Å²) in [5.41, 5.74) is 0.939. The maximum absolute atomic E-state index is 10.8. The second-order valence-corrected chi connectivity index (χ2v) is 3.37. The topological polar surface area (TPSA) is 46.5 Å². The lowest BCUT2D eigenvalue weighted by atomic mass is 10.1. The van der Waals surface area contributed by atoms with Crippen molar-refractivity contribution in [1.29, 1.82) is 0 Å². The lowest BCUT2D eigenvalue weighted by Gasteiger charge is -2.05. The highest BCUT2D eigenvalue weighted by molar-refractivity contribution is 9.10. The third-order valence-corrected chi connectivity index (χ3v) is 2.27. The summed E-state index contributed by atoms with van der Waals surface area (Å²) in [6, 6.07) is 5.21. The van der Waals surface area contributed by atoms with E-state index in [4.69, 9.17) is 9.84 Å². The number of hydrogen-bond acceptors (Lipinski definition) is 2. The highest BCUT2D eigenvalue weighted by atomic mass is 79.9. The predicted molar refractivity (Wildman–Crippen MR) is 51.8 cm³/mol. The van der Waals surface area contributed by atoms with Crippen LogP contribution in [0.5, 0.6) is 0 Å². The summed E-state index contributed by atoms with van der Waals surface area (Å²) in [4.78, 5) is 10.8. The van der Waals surface area contributed by atoms with E-state index in [9.17, 15) is 4.79 Å². The number of carboxylic acids is 1. The molecule has 0 saturated carbocycles. The van der Waals surface area contributed by atoms with E-state index >= 15 is 0 Å². The zero-order valence-electron chi connectivity index (χ0n) is 7.08. The minimum atomic E-state index is -0.945. The molecule has 0 fully saturated rings. The normalized spacial score (nSPS) is 10.0. The predicted octanol–water partition coefficient (Wildman–Crippen LogP) is 2.29. The number of methoxy groups -OCH3 is 1. The fraction of sp³-hybridized carbons (Fsp3) is 0.222. The van der Waals surface area contributed by atoms with Crippen LogP contribution in [0, 0.1) is 0 Å². The summed E-state index contributed by atoms with van der Waals surface area (Å²) in [6.45, 7) is 0.307. The van der Waals surface area contributed by atoms with Gasteiger partial charge in [0, 0.05) is 11.6 Å². The Morgan fingerprint density at radius 3 is 2.85 bits per heavy atom. The van der Waals surface area contributed by atoms with E-state index in [1.807, 2.05) is 0 Å². The number of rotatable bonds is 3. The molecular formula is C9H9BrO3. The highest BCUT2D eigenvalue weighted by Crippen LogP contribution is 2.21. The quantitative estimate of drug-likeness (QED) is 0.888. The van der Waals surface area contributed by atoms with Crippen molar-refractivity contribution in [2.75, 3.05) is 7.11 Å². The van der Waals surface area contributed by atoms with Crippen molar-refractivity contribution in [1.82, 2.24) is 0 Å². The van der Waals surface area contributed by atoms with Gasteiger partial charge >= 0.3 is 5.97 Å². The molecule has 13 heavy (non-hydrogen) atoms. The van der Waals surface area contributed by atoms with Gasteiger partial charge in [-0.1, -0.05) is 12.1 Å². The molecule has 1 N–H and O–H groups in total. The van der Waals surface area contributed by atoms with E-state index < -0.39 is 5.97 Å². The van der Waals surface area contributed by atoms with Crippen molar-refractivity contribution in [3.8, 4) is 0 Å². The molecule has 0 aliphatic rings. The second-order valence-electron chi connectivity index (χ2n) is 2.51. The van der Waals surface area contributed by atoms with Crippen molar-refractivity contribution in [2.24, 2.45) is 0 Å². The summed E-state index contributed by atoms with van der Waals surface area (Å²) in [5.74, 6) is -0.945. The van der Waals surface area contributed by atoms with Crippen LogP contribution in [0.3, 0.4) is 0 Å². The number of halogens is 1. The number of carboxylic acid groups (broad SMARTS) is 1. The van der Waals surface area contributed by atoms with Gasteiger partial charge in [-0.3, -0.25) is 0 Å². The minimum Gasteiger partial charge on any atom is -0.478 e. The van der Waals surface area contributed by atoms with Gasteiger partial charge in [0.25, 0.3) is 0 Å². The molecule has 4 heteroatoms. The zero-order chi connectivity index (χ0) is 9.84. The number of ether oxygens (including phenoxy) is 1. The Bertz CT molecular complexity index is 323. The van der Waals surface area contributed by atoms with Gasteiger partial charge in [0.2, 0.25) is 0 Å². The van der Waals surface area contributed by atoms with Crippen molar-refractivity contribution in [3.05, 3.63) is 33.8 Å². The number of hydrogen-bond donors (Lipinski definition) is 1. The first-order chi connectivity index (χ1) is 6.16. The molecule has 0 amide bonds. The van der Waals surface area contributed by atoms with Gasteiger partial charge in [0.05, 0.1) is 12.2 Å². The van der Waals surface area contributed by atoms with Crippen molar-refractivity contribution >= 4 is 21.9 Å². The molecule has 0 radical (unpaired) electrons. The fourth-order valence-electron chi connectivity index (χ4n) is 1.08. The van der Waals surface area contributed by atoms with Gasteiger partial charge in [0.1, 0.15) is 0 Å². The van der Waals surface area contributed by atoms with Gasteiger partial charge < -0.3 is 9.84 Å². The molecular weight excluding hydrogens is 236 g/mol. The van der Waals surface area contributed by atoms with Gasteiger partial charge in [-0.15, -0.1) is 0 Å². The zero-order valence-corrected chi connectivity index (χ0v) is 8.67. The van der Waals surface area contributed by atoms with E-state index in [0.717, 1.165) is 0 Å². The summed E-state index contributed by atoms with van der Waals surface area (Å²) in [6.07, 6.45) is 0. The largest absolute Gasteiger partial charge is 0.478 e. The van der Waals surface area contributed by atoms with Crippen LogP contribution in [0.1, 0.15) is 15.9 Å². The fourth-order valence-corrected chi connectivity index (χ4v) is 1.66.